The van der Waals surface area contributed by atoms with Crippen molar-refractivity contribution in [1.29, 1.82) is 0 Å². The Balaban J connectivity index is 1.48. The van der Waals surface area contributed by atoms with Crippen LogP contribution >= 0.6 is 15.9 Å². The van der Waals surface area contributed by atoms with Crippen LogP contribution in [0.1, 0.15) is 33.5 Å². The fraction of sp³-hybridized carbons (Fsp3) is 0.368. The van der Waals surface area contributed by atoms with Gasteiger partial charge in [0.15, 0.2) is 0 Å². The molecule has 0 saturated carbocycles. The minimum atomic E-state index is 0.334. The van der Waals surface area contributed by atoms with Crippen LogP contribution in [0.25, 0.3) is 0 Å². The SMILES string of the molecule is Cc1ccc2c(c1)CC(CC1Cc3ccccc3C1Br)O2. The van der Waals surface area contributed by atoms with Crippen LogP contribution in [0.4, 0.5) is 0 Å². The van der Waals surface area contributed by atoms with Crippen LogP contribution in [-0.4, -0.2) is 6.10 Å². The van der Waals surface area contributed by atoms with Crippen molar-refractivity contribution in [2.24, 2.45) is 5.92 Å². The van der Waals surface area contributed by atoms with Crippen LogP contribution in [0, 0.1) is 12.8 Å². The highest BCUT2D eigenvalue weighted by atomic mass is 79.9. The van der Waals surface area contributed by atoms with Gasteiger partial charge in [-0.2, -0.15) is 0 Å². The van der Waals surface area contributed by atoms with Crippen molar-refractivity contribution in [3.63, 3.8) is 0 Å². The normalized spacial score (nSPS) is 26.3. The van der Waals surface area contributed by atoms with E-state index in [2.05, 4.69) is 65.3 Å². The van der Waals surface area contributed by atoms with E-state index >= 15 is 0 Å². The van der Waals surface area contributed by atoms with Crippen molar-refractivity contribution in [2.75, 3.05) is 0 Å². The molecule has 1 aliphatic carbocycles. The molecule has 4 rings (SSSR count). The predicted octanol–water partition coefficient (Wildman–Crippen LogP) is 5.00. The summed E-state index contributed by atoms with van der Waals surface area (Å²) in [6.45, 7) is 2.15. The highest BCUT2D eigenvalue weighted by Gasteiger charge is 2.34. The Morgan fingerprint density at radius 1 is 1.10 bits per heavy atom. The van der Waals surface area contributed by atoms with Gasteiger partial charge in [-0.3, -0.25) is 0 Å². The van der Waals surface area contributed by atoms with Crippen molar-refractivity contribution >= 4 is 15.9 Å². The average Bonchev–Trinajstić information content (AvgIpc) is 3.01. The van der Waals surface area contributed by atoms with Crippen LogP contribution in [0.3, 0.4) is 0 Å². The third kappa shape index (κ3) is 2.40. The molecule has 1 aliphatic heterocycles. The molecule has 2 aromatic rings. The number of hydrogen-bond acceptors (Lipinski definition) is 1. The predicted molar refractivity (Wildman–Crippen MR) is 89.2 cm³/mol. The van der Waals surface area contributed by atoms with Crippen LogP contribution in [0.2, 0.25) is 0 Å². The van der Waals surface area contributed by atoms with Crippen molar-refractivity contribution in [1.82, 2.24) is 0 Å². The summed E-state index contributed by atoms with van der Waals surface area (Å²) in [7, 11) is 0. The summed E-state index contributed by atoms with van der Waals surface area (Å²) in [5.41, 5.74) is 5.66. The van der Waals surface area contributed by atoms with Crippen LogP contribution in [0.15, 0.2) is 42.5 Å². The Morgan fingerprint density at radius 3 is 2.81 bits per heavy atom. The lowest BCUT2D eigenvalue weighted by molar-refractivity contribution is 0.195. The summed E-state index contributed by atoms with van der Waals surface area (Å²) in [5, 5.41) is 0. The Labute approximate surface area is 134 Å². The van der Waals surface area contributed by atoms with Crippen LogP contribution in [-0.2, 0) is 12.8 Å². The zero-order valence-corrected chi connectivity index (χ0v) is 13.8. The highest BCUT2D eigenvalue weighted by Crippen LogP contribution is 2.45. The molecule has 0 radical (unpaired) electrons. The highest BCUT2D eigenvalue weighted by molar-refractivity contribution is 9.09. The zero-order valence-electron chi connectivity index (χ0n) is 12.2. The summed E-state index contributed by atoms with van der Waals surface area (Å²) in [6, 6.07) is 15.3. The van der Waals surface area contributed by atoms with E-state index < -0.39 is 0 Å². The van der Waals surface area contributed by atoms with Gasteiger partial charge in [-0.15, -0.1) is 0 Å². The molecule has 0 N–H and O–H groups in total. The van der Waals surface area contributed by atoms with Crippen molar-refractivity contribution in [2.45, 2.75) is 37.1 Å². The molecule has 0 amide bonds. The Bertz CT molecular complexity index is 679. The van der Waals surface area contributed by atoms with E-state index in [0.29, 0.717) is 16.8 Å². The molecule has 1 nitrogen and oxygen atoms in total. The number of benzene rings is 2. The number of fused-ring (bicyclic) bond motifs is 2. The van der Waals surface area contributed by atoms with Gasteiger partial charge in [0.05, 0.1) is 0 Å². The van der Waals surface area contributed by atoms with Crippen molar-refractivity contribution in [3.05, 3.63) is 64.7 Å². The first-order valence-electron chi connectivity index (χ1n) is 7.69. The molecule has 3 atom stereocenters. The van der Waals surface area contributed by atoms with Crippen LogP contribution < -0.4 is 4.74 Å². The van der Waals surface area contributed by atoms with E-state index in [1.807, 2.05) is 0 Å². The molecule has 2 heteroatoms. The smallest absolute Gasteiger partial charge is 0.123 e. The van der Waals surface area contributed by atoms with Crippen molar-refractivity contribution < 1.29 is 4.74 Å². The van der Waals surface area contributed by atoms with E-state index in [1.165, 1.54) is 28.7 Å². The fourth-order valence-electron chi connectivity index (χ4n) is 3.75. The van der Waals surface area contributed by atoms with Gasteiger partial charge in [0.1, 0.15) is 11.9 Å². The number of rotatable bonds is 2. The average molecular weight is 343 g/mol. The van der Waals surface area contributed by atoms with Gasteiger partial charge >= 0.3 is 0 Å². The summed E-state index contributed by atoms with van der Waals surface area (Å²) >= 11 is 3.90. The maximum Gasteiger partial charge on any atom is 0.123 e. The van der Waals surface area contributed by atoms with Crippen molar-refractivity contribution in [3.8, 4) is 5.75 Å². The Hall–Kier alpha value is -1.28. The third-order valence-corrected chi connectivity index (χ3v) is 6.01. The number of halogens is 1. The second-order valence-corrected chi connectivity index (χ2v) is 7.34. The first-order valence-corrected chi connectivity index (χ1v) is 8.60. The molecule has 0 bridgehead atoms. The van der Waals surface area contributed by atoms with Gasteiger partial charge in [-0.1, -0.05) is 57.9 Å². The standard InChI is InChI=1S/C19H19BrO/c1-12-6-7-18-14(8-12)10-16(21-18)11-15-9-13-4-2-3-5-17(13)19(15)20/h2-8,15-16,19H,9-11H2,1H3. The molecule has 2 aromatic carbocycles. The minimum absolute atomic E-state index is 0.334. The number of hydrogen-bond donors (Lipinski definition) is 0. The quantitative estimate of drug-likeness (QED) is 0.698. The number of ether oxygens (including phenoxy) is 1. The topological polar surface area (TPSA) is 9.23 Å². The molecule has 2 aliphatic rings. The molecule has 0 spiro atoms. The van der Waals surface area contributed by atoms with Gasteiger partial charge in [-0.25, -0.2) is 0 Å². The summed E-state index contributed by atoms with van der Waals surface area (Å²) < 4.78 is 6.15. The Morgan fingerprint density at radius 2 is 1.95 bits per heavy atom. The molecular weight excluding hydrogens is 324 g/mol. The van der Waals surface area contributed by atoms with E-state index in [4.69, 9.17) is 4.74 Å². The lowest BCUT2D eigenvalue weighted by Gasteiger charge is -2.19. The monoisotopic (exact) mass is 342 g/mol. The van der Waals surface area contributed by atoms with Gasteiger partial charge in [0.2, 0.25) is 0 Å². The fourth-order valence-corrected chi connectivity index (χ4v) is 4.60. The third-order valence-electron chi connectivity index (χ3n) is 4.77. The van der Waals surface area contributed by atoms with Gasteiger partial charge in [0.25, 0.3) is 0 Å². The maximum absolute atomic E-state index is 6.15. The minimum Gasteiger partial charge on any atom is -0.490 e. The second kappa shape index (κ2) is 5.17. The molecule has 0 saturated heterocycles. The second-order valence-electron chi connectivity index (χ2n) is 6.36. The number of aryl methyl sites for hydroxylation is 1. The molecule has 21 heavy (non-hydrogen) atoms. The lowest BCUT2D eigenvalue weighted by Crippen LogP contribution is -2.19. The zero-order chi connectivity index (χ0) is 14.4. The molecular formula is C19H19BrO. The van der Waals surface area contributed by atoms with Gasteiger partial charge in [-0.05, 0) is 48.4 Å². The summed E-state index contributed by atoms with van der Waals surface area (Å²) in [6.07, 6.45) is 3.68. The first kappa shape index (κ1) is 13.4. The first-order chi connectivity index (χ1) is 10.2. The van der Waals surface area contributed by atoms with Gasteiger partial charge in [0, 0.05) is 11.2 Å². The lowest BCUT2D eigenvalue weighted by atomic mass is 9.95. The van der Waals surface area contributed by atoms with E-state index in [9.17, 15) is 0 Å². The maximum atomic E-state index is 6.15. The van der Waals surface area contributed by atoms with E-state index in [0.717, 1.165) is 18.6 Å². The largest absolute Gasteiger partial charge is 0.490 e. The number of alkyl halides is 1. The van der Waals surface area contributed by atoms with Gasteiger partial charge < -0.3 is 4.74 Å². The van der Waals surface area contributed by atoms with Crippen LogP contribution in [0.5, 0.6) is 5.75 Å². The molecule has 3 unspecified atom stereocenters. The molecule has 0 fully saturated rings. The Kier molecular flexibility index (Phi) is 3.30. The van der Waals surface area contributed by atoms with E-state index in [-0.39, 0.29) is 0 Å². The van der Waals surface area contributed by atoms with E-state index in [1.54, 1.807) is 0 Å². The summed E-state index contributed by atoms with van der Waals surface area (Å²) in [5.74, 6) is 1.73. The molecule has 0 aromatic heterocycles. The molecule has 108 valence electrons. The summed E-state index contributed by atoms with van der Waals surface area (Å²) in [4.78, 5) is 0.475. The molecule has 1 heterocycles.